The number of morpholine rings is 1. The van der Waals surface area contributed by atoms with Gasteiger partial charge >= 0.3 is 0 Å². The number of hydrogen-bond acceptors (Lipinski definition) is 5. The second kappa shape index (κ2) is 6.61. The molecule has 2 fully saturated rings. The molecule has 1 aromatic rings. The van der Waals surface area contributed by atoms with Crippen molar-refractivity contribution in [1.29, 1.82) is 0 Å². The van der Waals surface area contributed by atoms with Gasteiger partial charge in [0.15, 0.2) is 0 Å². The van der Waals surface area contributed by atoms with Gasteiger partial charge < -0.3 is 4.74 Å². The summed E-state index contributed by atoms with van der Waals surface area (Å²) in [6, 6.07) is 2.77. The van der Waals surface area contributed by atoms with Gasteiger partial charge in [-0.1, -0.05) is 0 Å². The molecule has 5 heteroatoms. The summed E-state index contributed by atoms with van der Waals surface area (Å²) in [4.78, 5) is 13.7. The average molecular weight is 276 g/mol. The lowest BCUT2D eigenvalue weighted by Crippen LogP contribution is -2.44. The van der Waals surface area contributed by atoms with Gasteiger partial charge in [-0.2, -0.15) is 0 Å². The second-order valence-electron chi connectivity index (χ2n) is 5.83. The van der Waals surface area contributed by atoms with Crippen LogP contribution < -0.4 is 0 Å². The summed E-state index contributed by atoms with van der Waals surface area (Å²) in [5.41, 5.74) is 2.20. The standard InChI is InChI=1S/C15H24N4O/c1-13-9-14(17-12-16-13)10-19-4-2-3-15(19)11-18-5-7-20-8-6-18/h9,12,15H,2-8,10-11H2,1H3/t15-/m0/s1. The van der Waals surface area contributed by atoms with E-state index in [0.717, 1.165) is 44.2 Å². The molecule has 2 aliphatic rings. The minimum absolute atomic E-state index is 0.670. The zero-order valence-electron chi connectivity index (χ0n) is 12.3. The fraction of sp³-hybridized carbons (Fsp3) is 0.733. The minimum Gasteiger partial charge on any atom is -0.379 e. The lowest BCUT2D eigenvalue weighted by Gasteiger charge is -2.32. The first-order valence-electron chi connectivity index (χ1n) is 7.63. The van der Waals surface area contributed by atoms with Gasteiger partial charge in [-0.3, -0.25) is 9.80 Å². The van der Waals surface area contributed by atoms with Crippen LogP contribution in [0.25, 0.3) is 0 Å². The first-order chi connectivity index (χ1) is 9.81. The van der Waals surface area contributed by atoms with Gasteiger partial charge in [0, 0.05) is 37.9 Å². The number of nitrogens with zero attached hydrogens (tertiary/aromatic N) is 4. The Morgan fingerprint density at radius 1 is 1.25 bits per heavy atom. The Morgan fingerprint density at radius 3 is 2.90 bits per heavy atom. The lowest BCUT2D eigenvalue weighted by atomic mass is 10.2. The SMILES string of the molecule is Cc1cc(CN2CCC[C@H]2CN2CCOCC2)ncn1. The Hall–Kier alpha value is -1.04. The van der Waals surface area contributed by atoms with Crippen molar-refractivity contribution in [1.82, 2.24) is 19.8 Å². The van der Waals surface area contributed by atoms with Crippen molar-refractivity contribution in [3.8, 4) is 0 Å². The molecule has 0 aromatic carbocycles. The van der Waals surface area contributed by atoms with E-state index in [-0.39, 0.29) is 0 Å². The summed E-state index contributed by atoms with van der Waals surface area (Å²) in [6.45, 7) is 9.29. The Bertz CT molecular complexity index is 434. The molecular weight excluding hydrogens is 252 g/mol. The van der Waals surface area contributed by atoms with Gasteiger partial charge in [0.05, 0.1) is 18.9 Å². The molecule has 1 atom stereocenters. The van der Waals surface area contributed by atoms with Gasteiger partial charge in [-0.25, -0.2) is 9.97 Å². The number of ether oxygens (including phenoxy) is 1. The Balaban J connectivity index is 1.57. The summed E-state index contributed by atoms with van der Waals surface area (Å²) in [6.07, 6.45) is 4.29. The van der Waals surface area contributed by atoms with Gasteiger partial charge in [-0.15, -0.1) is 0 Å². The fourth-order valence-electron chi connectivity index (χ4n) is 3.20. The molecule has 0 N–H and O–H groups in total. The largest absolute Gasteiger partial charge is 0.379 e. The molecule has 0 aliphatic carbocycles. The van der Waals surface area contributed by atoms with Crippen molar-refractivity contribution in [2.75, 3.05) is 39.4 Å². The van der Waals surface area contributed by atoms with Crippen molar-refractivity contribution in [2.45, 2.75) is 32.4 Å². The first-order valence-corrected chi connectivity index (χ1v) is 7.63. The fourth-order valence-corrected chi connectivity index (χ4v) is 3.20. The van der Waals surface area contributed by atoms with E-state index in [1.807, 2.05) is 6.92 Å². The van der Waals surface area contributed by atoms with Crippen LogP contribution in [0.1, 0.15) is 24.2 Å². The predicted octanol–water partition coefficient (Wildman–Crippen LogP) is 1.08. The molecule has 2 aliphatic heterocycles. The normalized spacial score (nSPS) is 25.1. The second-order valence-corrected chi connectivity index (χ2v) is 5.83. The zero-order valence-corrected chi connectivity index (χ0v) is 12.3. The number of aromatic nitrogens is 2. The van der Waals surface area contributed by atoms with Crippen molar-refractivity contribution < 1.29 is 4.74 Å². The Kier molecular flexibility index (Phi) is 4.60. The Labute approximate surface area is 121 Å². The van der Waals surface area contributed by atoms with Crippen LogP contribution in [0.2, 0.25) is 0 Å². The van der Waals surface area contributed by atoms with Crippen LogP contribution in [0, 0.1) is 6.92 Å². The maximum absolute atomic E-state index is 5.43. The number of aryl methyl sites for hydroxylation is 1. The third-order valence-corrected chi connectivity index (χ3v) is 4.30. The van der Waals surface area contributed by atoms with Crippen LogP contribution in [0.5, 0.6) is 0 Å². The van der Waals surface area contributed by atoms with Crippen LogP contribution >= 0.6 is 0 Å². The van der Waals surface area contributed by atoms with Crippen LogP contribution in [0.15, 0.2) is 12.4 Å². The van der Waals surface area contributed by atoms with E-state index in [2.05, 4.69) is 25.8 Å². The maximum Gasteiger partial charge on any atom is 0.115 e. The molecule has 110 valence electrons. The predicted molar refractivity (Wildman–Crippen MR) is 77.5 cm³/mol. The van der Waals surface area contributed by atoms with E-state index in [4.69, 9.17) is 4.74 Å². The third-order valence-electron chi connectivity index (χ3n) is 4.30. The topological polar surface area (TPSA) is 41.5 Å². The van der Waals surface area contributed by atoms with E-state index in [1.54, 1.807) is 6.33 Å². The smallest absolute Gasteiger partial charge is 0.115 e. The quantitative estimate of drug-likeness (QED) is 0.823. The highest BCUT2D eigenvalue weighted by Crippen LogP contribution is 2.20. The molecule has 0 saturated carbocycles. The molecule has 3 rings (SSSR count). The van der Waals surface area contributed by atoms with Gasteiger partial charge in [-0.05, 0) is 32.4 Å². The van der Waals surface area contributed by atoms with E-state index >= 15 is 0 Å². The molecule has 0 radical (unpaired) electrons. The summed E-state index contributed by atoms with van der Waals surface area (Å²) < 4.78 is 5.43. The molecule has 0 bridgehead atoms. The number of rotatable bonds is 4. The molecule has 0 amide bonds. The lowest BCUT2D eigenvalue weighted by molar-refractivity contribution is 0.0261. The van der Waals surface area contributed by atoms with E-state index in [1.165, 1.54) is 25.9 Å². The van der Waals surface area contributed by atoms with Gasteiger partial charge in [0.2, 0.25) is 0 Å². The molecule has 0 unspecified atom stereocenters. The highest BCUT2D eigenvalue weighted by Gasteiger charge is 2.27. The monoisotopic (exact) mass is 276 g/mol. The van der Waals surface area contributed by atoms with Crippen LogP contribution in [0.3, 0.4) is 0 Å². The Morgan fingerprint density at radius 2 is 2.10 bits per heavy atom. The van der Waals surface area contributed by atoms with E-state index < -0.39 is 0 Å². The third kappa shape index (κ3) is 3.53. The minimum atomic E-state index is 0.670. The molecule has 5 nitrogen and oxygen atoms in total. The van der Waals surface area contributed by atoms with E-state index in [9.17, 15) is 0 Å². The molecule has 0 spiro atoms. The summed E-state index contributed by atoms with van der Waals surface area (Å²) in [5.74, 6) is 0. The average Bonchev–Trinajstić information content (AvgIpc) is 2.87. The van der Waals surface area contributed by atoms with Crippen molar-refractivity contribution in [3.05, 3.63) is 23.8 Å². The summed E-state index contributed by atoms with van der Waals surface area (Å²) in [5, 5.41) is 0. The van der Waals surface area contributed by atoms with Gasteiger partial charge in [0.1, 0.15) is 6.33 Å². The van der Waals surface area contributed by atoms with Crippen molar-refractivity contribution in [2.24, 2.45) is 0 Å². The molecule has 20 heavy (non-hydrogen) atoms. The molecule has 3 heterocycles. The highest BCUT2D eigenvalue weighted by atomic mass is 16.5. The number of hydrogen-bond donors (Lipinski definition) is 0. The zero-order chi connectivity index (χ0) is 13.8. The number of likely N-dealkylation sites (tertiary alicyclic amines) is 1. The van der Waals surface area contributed by atoms with Crippen LogP contribution in [-0.4, -0.2) is 65.2 Å². The van der Waals surface area contributed by atoms with E-state index in [0.29, 0.717) is 6.04 Å². The highest BCUT2D eigenvalue weighted by molar-refractivity contribution is 5.07. The summed E-state index contributed by atoms with van der Waals surface area (Å²) in [7, 11) is 0. The van der Waals surface area contributed by atoms with Crippen LogP contribution in [0.4, 0.5) is 0 Å². The van der Waals surface area contributed by atoms with Gasteiger partial charge in [0.25, 0.3) is 0 Å². The van der Waals surface area contributed by atoms with Crippen molar-refractivity contribution >= 4 is 0 Å². The molecule has 1 aromatic heterocycles. The first kappa shape index (κ1) is 13.9. The molecular formula is C15H24N4O. The van der Waals surface area contributed by atoms with Crippen molar-refractivity contribution in [3.63, 3.8) is 0 Å². The maximum atomic E-state index is 5.43. The molecule has 2 saturated heterocycles. The summed E-state index contributed by atoms with van der Waals surface area (Å²) >= 11 is 0. The van der Waals surface area contributed by atoms with Crippen LogP contribution in [-0.2, 0) is 11.3 Å².